The van der Waals surface area contributed by atoms with E-state index in [4.69, 9.17) is 0 Å². The van der Waals surface area contributed by atoms with Gasteiger partial charge in [-0.1, -0.05) is 0 Å². The van der Waals surface area contributed by atoms with Gasteiger partial charge in [0.15, 0.2) is 0 Å². The standard InChI is InChI=1S/C26H34BN/c1-4-11-24-15-8-9-16-25(24)22(2)12-10-17-26(18-19-27,21-28-3)20-23-13-6-5-7-14-23/h4-9,11,13-16,19,27-28H,1,10,12,17-18,20-21H2,2-3H3/b24-11-,25-22+. The molecule has 0 saturated heterocycles. The molecule has 0 heterocycles. The summed E-state index contributed by atoms with van der Waals surface area (Å²) >= 11 is 0. The minimum atomic E-state index is 0.213. The Bertz CT molecular complexity index is 869. The maximum absolute atomic E-state index is 4.05. The van der Waals surface area contributed by atoms with Gasteiger partial charge in [0.25, 0.3) is 0 Å². The molecule has 28 heavy (non-hydrogen) atoms. The van der Waals surface area contributed by atoms with Crippen LogP contribution in [0.2, 0.25) is 0 Å². The third kappa shape index (κ3) is 6.46. The van der Waals surface area contributed by atoms with E-state index in [0.29, 0.717) is 0 Å². The summed E-state index contributed by atoms with van der Waals surface area (Å²) in [6.07, 6.45) is 9.55. The molecule has 0 aliphatic rings. The molecule has 1 unspecified atom stereocenters. The summed E-state index contributed by atoms with van der Waals surface area (Å²) in [5.41, 5.74) is 3.07. The monoisotopic (exact) mass is 371 g/mol. The van der Waals surface area contributed by atoms with Crippen molar-refractivity contribution in [2.45, 2.75) is 39.0 Å². The molecular formula is C26H34BN. The molecule has 0 fully saturated rings. The Kier molecular flexibility index (Phi) is 9.17. The van der Waals surface area contributed by atoms with Crippen molar-refractivity contribution in [3.63, 3.8) is 0 Å². The van der Waals surface area contributed by atoms with Crippen LogP contribution in [0.25, 0.3) is 11.6 Å². The van der Waals surface area contributed by atoms with Crippen LogP contribution in [0.1, 0.15) is 38.2 Å². The van der Waals surface area contributed by atoms with Gasteiger partial charge in [-0.3, -0.25) is 0 Å². The number of benzene rings is 2. The maximum atomic E-state index is 4.05. The fourth-order valence-corrected chi connectivity index (χ4v) is 4.22. The van der Waals surface area contributed by atoms with E-state index in [1.54, 1.807) is 0 Å². The van der Waals surface area contributed by atoms with Gasteiger partial charge in [0, 0.05) is 0 Å². The van der Waals surface area contributed by atoms with Crippen LogP contribution < -0.4 is 15.8 Å². The van der Waals surface area contributed by atoms with Crippen LogP contribution in [-0.2, 0) is 6.42 Å². The van der Waals surface area contributed by atoms with Gasteiger partial charge >= 0.3 is 172 Å². The van der Waals surface area contributed by atoms with Crippen molar-refractivity contribution in [1.29, 1.82) is 0 Å². The van der Waals surface area contributed by atoms with Gasteiger partial charge in [-0.25, -0.2) is 0 Å². The summed E-state index contributed by atoms with van der Waals surface area (Å²) in [4.78, 5) is 0. The molecule has 0 aliphatic heterocycles. The van der Waals surface area contributed by atoms with Gasteiger partial charge in [-0.05, 0) is 0 Å². The summed E-state index contributed by atoms with van der Waals surface area (Å²) < 4.78 is 0. The van der Waals surface area contributed by atoms with Crippen LogP contribution in [0.3, 0.4) is 0 Å². The molecule has 0 amide bonds. The van der Waals surface area contributed by atoms with Gasteiger partial charge in [0.1, 0.15) is 0 Å². The Labute approximate surface area is 172 Å². The summed E-state index contributed by atoms with van der Waals surface area (Å²) in [5.74, 6) is 2.09. The zero-order chi connectivity index (χ0) is 20.2. The van der Waals surface area contributed by atoms with Gasteiger partial charge in [0.05, 0.1) is 0 Å². The third-order valence-electron chi connectivity index (χ3n) is 5.53. The Morgan fingerprint density at radius 3 is 2.50 bits per heavy atom. The van der Waals surface area contributed by atoms with Crippen LogP contribution in [0.15, 0.2) is 67.3 Å². The van der Waals surface area contributed by atoms with Crippen LogP contribution in [0.5, 0.6) is 0 Å². The number of rotatable bonds is 11. The van der Waals surface area contributed by atoms with Crippen molar-refractivity contribution in [1.82, 2.24) is 5.32 Å². The number of hydrogen-bond acceptors (Lipinski definition) is 1. The van der Waals surface area contributed by atoms with Crippen molar-refractivity contribution in [3.05, 3.63) is 83.3 Å². The SMILES string of the molecule is B=CCC(CCC/C(C)=c1\cccc\c1=C\C=C)(CNC)Cc1ccccc1. The van der Waals surface area contributed by atoms with E-state index in [1.807, 2.05) is 6.08 Å². The van der Waals surface area contributed by atoms with E-state index in [1.165, 1.54) is 34.4 Å². The molecule has 0 radical (unpaired) electrons. The molecule has 2 aromatic rings. The van der Waals surface area contributed by atoms with E-state index in [0.717, 1.165) is 25.8 Å². The second kappa shape index (κ2) is 11.6. The van der Waals surface area contributed by atoms with E-state index < -0.39 is 0 Å². The normalized spacial score (nSPS) is 15.0. The van der Waals surface area contributed by atoms with E-state index in [-0.39, 0.29) is 5.41 Å². The fourth-order valence-electron chi connectivity index (χ4n) is 4.22. The van der Waals surface area contributed by atoms with Crippen molar-refractivity contribution >= 4 is 25.1 Å². The van der Waals surface area contributed by atoms with Crippen molar-refractivity contribution in [3.8, 4) is 0 Å². The van der Waals surface area contributed by atoms with E-state index in [2.05, 4.69) is 100.0 Å². The molecule has 2 heteroatoms. The first kappa shape index (κ1) is 22.1. The van der Waals surface area contributed by atoms with Gasteiger partial charge in [-0.2, -0.15) is 0 Å². The minimum absolute atomic E-state index is 0.213. The van der Waals surface area contributed by atoms with Crippen molar-refractivity contribution < 1.29 is 0 Å². The first-order valence-electron chi connectivity index (χ1n) is 10.3. The van der Waals surface area contributed by atoms with Gasteiger partial charge in [0.2, 0.25) is 0 Å². The molecule has 0 aromatic heterocycles. The Hall–Kier alpha value is -2.19. The molecule has 2 aromatic carbocycles. The third-order valence-corrected chi connectivity index (χ3v) is 5.53. The second-order valence-electron chi connectivity index (χ2n) is 7.81. The molecule has 0 saturated carbocycles. The number of allylic oxidation sites excluding steroid dienone is 1. The molecule has 1 N–H and O–H groups in total. The zero-order valence-electron chi connectivity index (χ0n) is 17.6. The molecule has 0 spiro atoms. The molecule has 1 nitrogen and oxygen atoms in total. The Balaban J connectivity index is 2.19. The quantitative estimate of drug-likeness (QED) is 0.596. The second-order valence-corrected chi connectivity index (χ2v) is 7.81. The first-order chi connectivity index (χ1) is 13.6. The van der Waals surface area contributed by atoms with E-state index in [9.17, 15) is 0 Å². The molecule has 2 rings (SSSR count). The van der Waals surface area contributed by atoms with Gasteiger partial charge < -0.3 is 0 Å². The Morgan fingerprint density at radius 2 is 1.82 bits per heavy atom. The van der Waals surface area contributed by atoms with Crippen LogP contribution in [0, 0.1) is 5.41 Å². The topological polar surface area (TPSA) is 12.0 Å². The first-order valence-corrected chi connectivity index (χ1v) is 10.3. The van der Waals surface area contributed by atoms with E-state index >= 15 is 0 Å². The average Bonchev–Trinajstić information content (AvgIpc) is 2.70. The van der Waals surface area contributed by atoms with Crippen LogP contribution >= 0.6 is 0 Å². The number of nitrogens with one attached hydrogen (secondary N) is 1. The summed E-state index contributed by atoms with van der Waals surface area (Å²) in [5, 5.41) is 6.04. The summed E-state index contributed by atoms with van der Waals surface area (Å²) in [7, 11) is 6.10. The predicted octanol–water partition coefficient (Wildman–Crippen LogP) is 3.54. The zero-order valence-corrected chi connectivity index (χ0v) is 17.6. The molecule has 1 atom stereocenters. The summed E-state index contributed by atoms with van der Waals surface area (Å²) in [6, 6.07) is 19.5. The molecule has 146 valence electrons. The van der Waals surface area contributed by atoms with Gasteiger partial charge in [-0.15, -0.1) is 0 Å². The van der Waals surface area contributed by atoms with Crippen molar-refractivity contribution in [2.24, 2.45) is 5.41 Å². The predicted molar refractivity (Wildman–Crippen MR) is 128 cm³/mol. The molecular weight excluding hydrogens is 337 g/mol. The Morgan fingerprint density at radius 1 is 1.11 bits per heavy atom. The fraction of sp³-hybridized carbons (Fsp3) is 0.346. The van der Waals surface area contributed by atoms with Crippen LogP contribution in [-0.4, -0.2) is 27.0 Å². The van der Waals surface area contributed by atoms with Crippen molar-refractivity contribution in [2.75, 3.05) is 13.6 Å². The van der Waals surface area contributed by atoms with Crippen LogP contribution in [0.4, 0.5) is 0 Å². The molecule has 0 bridgehead atoms. The average molecular weight is 371 g/mol. The number of hydrogen-bond donors (Lipinski definition) is 1. The molecule has 0 aliphatic carbocycles. The summed E-state index contributed by atoms with van der Waals surface area (Å²) in [6.45, 7) is 7.12.